The Bertz CT molecular complexity index is 653. The zero-order valence-electron chi connectivity index (χ0n) is 11.8. The highest BCUT2D eigenvalue weighted by atomic mass is 35.5. The third-order valence-electron chi connectivity index (χ3n) is 3.65. The summed E-state index contributed by atoms with van der Waals surface area (Å²) in [7, 11) is 0. The van der Waals surface area contributed by atoms with Crippen LogP contribution in [-0.2, 0) is 9.53 Å². The number of benzene rings is 1. The smallest absolute Gasteiger partial charge is 0.327 e. The summed E-state index contributed by atoms with van der Waals surface area (Å²) in [4.78, 5) is 20.9. The van der Waals surface area contributed by atoms with Crippen molar-refractivity contribution in [3.8, 4) is 11.4 Å². The van der Waals surface area contributed by atoms with E-state index >= 15 is 0 Å². The van der Waals surface area contributed by atoms with Crippen LogP contribution in [0.25, 0.3) is 11.4 Å². The van der Waals surface area contributed by atoms with Crippen molar-refractivity contribution in [2.24, 2.45) is 0 Å². The first-order chi connectivity index (χ1) is 10.7. The lowest BCUT2D eigenvalue weighted by molar-refractivity contribution is -0.145. The summed E-state index contributed by atoms with van der Waals surface area (Å²) >= 11 is 6.19. The number of halogens is 1. The molecule has 1 aromatic heterocycles. The minimum atomic E-state index is -0.952. The summed E-state index contributed by atoms with van der Waals surface area (Å²) < 4.78 is 5.28. The van der Waals surface area contributed by atoms with Gasteiger partial charge in [0, 0.05) is 18.7 Å². The van der Waals surface area contributed by atoms with Crippen molar-refractivity contribution in [1.29, 1.82) is 0 Å². The molecule has 1 unspecified atom stereocenters. The molecule has 2 N–H and O–H groups in total. The van der Waals surface area contributed by atoms with Crippen LogP contribution in [0.5, 0.6) is 0 Å². The molecule has 1 aliphatic rings. The van der Waals surface area contributed by atoms with Crippen LogP contribution in [0.15, 0.2) is 30.3 Å². The number of rotatable bonds is 4. The first kappa shape index (κ1) is 15.0. The number of nitrogens with one attached hydrogen (secondary N) is 1. The minimum absolute atomic E-state index is 0.192. The Morgan fingerprint density at radius 2 is 2.00 bits per heavy atom. The average Bonchev–Trinajstić information content (AvgIpc) is 2.91. The van der Waals surface area contributed by atoms with Crippen molar-refractivity contribution in [2.75, 3.05) is 26.3 Å². The number of carboxylic acid groups (broad SMARTS) is 1. The molecule has 2 aromatic rings. The molecule has 0 saturated carbocycles. The fraction of sp³-hybridized carbons (Fsp3) is 0.333. The predicted molar refractivity (Wildman–Crippen MR) is 81.8 cm³/mol. The van der Waals surface area contributed by atoms with E-state index in [9.17, 15) is 9.90 Å². The van der Waals surface area contributed by atoms with Crippen LogP contribution in [0.2, 0.25) is 5.15 Å². The van der Waals surface area contributed by atoms with Crippen LogP contribution in [-0.4, -0.2) is 52.2 Å². The Morgan fingerprint density at radius 3 is 2.64 bits per heavy atom. The Morgan fingerprint density at radius 1 is 1.32 bits per heavy atom. The van der Waals surface area contributed by atoms with Gasteiger partial charge >= 0.3 is 5.97 Å². The Hall–Kier alpha value is -1.89. The van der Waals surface area contributed by atoms with Gasteiger partial charge in [0.1, 0.15) is 5.82 Å². The normalized spacial score (nSPS) is 17.3. The van der Waals surface area contributed by atoms with Gasteiger partial charge in [-0.3, -0.25) is 9.69 Å². The van der Waals surface area contributed by atoms with Gasteiger partial charge < -0.3 is 14.8 Å². The molecule has 7 heteroatoms. The Labute approximate surface area is 132 Å². The summed E-state index contributed by atoms with van der Waals surface area (Å²) in [6, 6.07) is 8.63. The molecule has 22 heavy (non-hydrogen) atoms. The zero-order valence-corrected chi connectivity index (χ0v) is 12.6. The van der Waals surface area contributed by atoms with E-state index in [1.807, 2.05) is 35.2 Å². The van der Waals surface area contributed by atoms with Gasteiger partial charge in [-0.2, -0.15) is 0 Å². The molecule has 1 aliphatic heterocycles. The van der Waals surface area contributed by atoms with Gasteiger partial charge in [0.25, 0.3) is 0 Å². The maximum Gasteiger partial charge on any atom is 0.327 e. The third-order valence-corrected chi connectivity index (χ3v) is 3.94. The number of H-pyrrole nitrogens is 1. The lowest BCUT2D eigenvalue weighted by Crippen LogP contribution is -2.42. The van der Waals surface area contributed by atoms with Gasteiger partial charge in [-0.05, 0) is 0 Å². The number of hydrogen-bond donors (Lipinski definition) is 2. The number of aromatic amines is 1. The number of imidazole rings is 1. The Balaban J connectivity index is 1.95. The number of aliphatic carboxylic acids is 1. The first-order valence-corrected chi connectivity index (χ1v) is 7.40. The first-order valence-electron chi connectivity index (χ1n) is 7.02. The van der Waals surface area contributed by atoms with E-state index in [1.54, 1.807) is 0 Å². The van der Waals surface area contributed by atoms with E-state index in [1.165, 1.54) is 0 Å². The SMILES string of the molecule is O=C(O)C(c1[nH]c(-c2ccccc2)nc1Cl)N1CCOCC1. The van der Waals surface area contributed by atoms with Gasteiger partial charge in [0.15, 0.2) is 11.2 Å². The fourth-order valence-electron chi connectivity index (χ4n) is 2.58. The molecule has 3 rings (SSSR count). The second-order valence-electron chi connectivity index (χ2n) is 5.05. The summed E-state index contributed by atoms with van der Waals surface area (Å²) in [6.45, 7) is 2.13. The maximum atomic E-state index is 11.7. The zero-order chi connectivity index (χ0) is 15.5. The second kappa shape index (κ2) is 6.48. The number of morpholine rings is 1. The van der Waals surface area contributed by atoms with E-state index in [2.05, 4.69) is 9.97 Å². The van der Waals surface area contributed by atoms with Crippen molar-refractivity contribution in [2.45, 2.75) is 6.04 Å². The molecule has 1 fully saturated rings. The Kier molecular flexibility index (Phi) is 4.42. The van der Waals surface area contributed by atoms with Crippen LogP contribution < -0.4 is 0 Å². The molecule has 0 radical (unpaired) electrons. The fourth-order valence-corrected chi connectivity index (χ4v) is 2.81. The van der Waals surface area contributed by atoms with Crippen molar-refractivity contribution in [3.05, 3.63) is 41.2 Å². The largest absolute Gasteiger partial charge is 0.480 e. The highest BCUT2D eigenvalue weighted by Gasteiger charge is 2.32. The van der Waals surface area contributed by atoms with Crippen LogP contribution in [0.1, 0.15) is 11.7 Å². The van der Waals surface area contributed by atoms with Crippen LogP contribution in [0.3, 0.4) is 0 Å². The molecule has 0 amide bonds. The predicted octanol–water partition coefficient (Wildman–Crippen LogP) is 2.19. The van der Waals surface area contributed by atoms with Crippen molar-refractivity contribution in [3.63, 3.8) is 0 Å². The molecule has 2 heterocycles. The molecule has 0 spiro atoms. The van der Waals surface area contributed by atoms with E-state index in [4.69, 9.17) is 16.3 Å². The number of hydrogen-bond acceptors (Lipinski definition) is 4. The van der Waals surface area contributed by atoms with Crippen LogP contribution in [0.4, 0.5) is 0 Å². The van der Waals surface area contributed by atoms with Gasteiger partial charge in [-0.15, -0.1) is 0 Å². The molecular formula is C15H16ClN3O3. The van der Waals surface area contributed by atoms with Crippen molar-refractivity contribution in [1.82, 2.24) is 14.9 Å². The molecule has 116 valence electrons. The van der Waals surface area contributed by atoms with E-state index in [0.29, 0.717) is 37.8 Å². The summed E-state index contributed by atoms with van der Waals surface area (Å²) in [5.41, 5.74) is 1.27. The highest BCUT2D eigenvalue weighted by molar-refractivity contribution is 6.30. The lowest BCUT2D eigenvalue weighted by Gasteiger charge is -2.31. The second-order valence-corrected chi connectivity index (χ2v) is 5.40. The summed E-state index contributed by atoms with van der Waals surface area (Å²) in [6.07, 6.45) is 0. The number of carboxylic acids is 1. The average molecular weight is 322 g/mol. The lowest BCUT2D eigenvalue weighted by atomic mass is 10.1. The topological polar surface area (TPSA) is 78.4 Å². The van der Waals surface area contributed by atoms with E-state index in [-0.39, 0.29) is 5.15 Å². The molecule has 1 atom stereocenters. The van der Waals surface area contributed by atoms with Crippen LogP contribution in [0, 0.1) is 0 Å². The van der Waals surface area contributed by atoms with Gasteiger partial charge in [-0.1, -0.05) is 41.9 Å². The summed E-state index contributed by atoms with van der Waals surface area (Å²) in [5, 5.41) is 9.79. The van der Waals surface area contributed by atoms with E-state index in [0.717, 1.165) is 5.56 Å². The van der Waals surface area contributed by atoms with Crippen molar-refractivity contribution < 1.29 is 14.6 Å². The van der Waals surface area contributed by atoms with Gasteiger partial charge in [0.2, 0.25) is 0 Å². The highest BCUT2D eigenvalue weighted by Crippen LogP contribution is 2.29. The van der Waals surface area contributed by atoms with Gasteiger partial charge in [-0.25, -0.2) is 4.98 Å². The van der Waals surface area contributed by atoms with Gasteiger partial charge in [0.05, 0.1) is 18.9 Å². The molecule has 6 nitrogen and oxygen atoms in total. The summed E-state index contributed by atoms with van der Waals surface area (Å²) in [5.74, 6) is -0.382. The molecular weight excluding hydrogens is 306 g/mol. The number of ether oxygens (including phenoxy) is 1. The molecule has 0 aliphatic carbocycles. The quantitative estimate of drug-likeness (QED) is 0.902. The molecule has 1 aromatic carbocycles. The minimum Gasteiger partial charge on any atom is -0.480 e. The van der Waals surface area contributed by atoms with Crippen molar-refractivity contribution >= 4 is 17.6 Å². The monoisotopic (exact) mass is 321 g/mol. The maximum absolute atomic E-state index is 11.7. The third kappa shape index (κ3) is 2.99. The number of nitrogens with zero attached hydrogens (tertiary/aromatic N) is 2. The number of carbonyl (C=O) groups is 1. The molecule has 1 saturated heterocycles. The number of aromatic nitrogens is 2. The van der Waals surface area contributed by atoms with Crippen LogP contribution >= 0.6 is 11.6 Å². The molecule has 0 bridgehead atoms. The standard InChI is InChI=1S/C15H16ClN3O3/c16-13-11(12(15(20)21)19-6-8-22-9-7-19)17-14(18-13)10-4-2-1-3-5-10/h1-5,12H,6-9H2,(H,17,18)(H,20,21). The van der Waals surface area contributed by atoms with E-state index < -0.39 is 12.0 Å².